The summed E-state index contributed by atoms with van der Waals surface area (Å²) in [4.78, 5) is 110. The van der Waals surface area contributed by atoms with Gasteiger partial charge in [-0.2, -0.15) is 0 Å². The Kier molecular flexibility index (Phi) is 10.1. The third-order valence-corrected chi connectivity index (χ3v) is 15.0. The molecule has 322 valence electrons. The quantitative estimate of drug-likeness (QED) is 0.0555. The summed E-state index contributed by atoms with van der Waals surface area (Å²) in [6.07, 6.45) is -3.44. The number of primary amides is 2. The Labute approximate surface area is 349 Å². The molecule has 0 bridgehead atoms. The van der Waals surface area contributed by atoms with Crippen LogP contribution in [-0.2, 0) is 47.6 Å². The second-order valence-electron chi connectivity index (χ2n) is 15.1. The van der Waals surface area contributed by atoms with Crippen LogP contribution in [0.5, 0.6) is 0 Å². The molecule has 6 aliphatic heterocycles. The number of piperazine rings is 2. The van der Waals surface area contributed by atoms with E-state index in [-0.39, 0.29) is 71.4 Å². The van der Waals surface area contributed by atoms with Crippen LogP contribution >= 0.6 is 21.6 Å². The van der Waals surface area contributed by atoms with Crippen LogP contribution in [0.4, 0.5) is 19.2 Å². The van der Waals surface area contributed by atoms with E-state index in [0.29, 0.717) is 11.5 Å². The Bertz CT molecular complexity index is 2040. The third kappa shape index (κ3) is 5.62. The van der Waals surface area contributed by atoms with E-state index in [1.807, 2.05) is 0 Å². The van der Waals surface area contributed by atoms with Crippen molar-refractivity contribution in [3.8, 4) is 0 Å². The minimum atomic E-state index is -1.42. The molecule has 2 aliphatic carbocycles. The molecule has 0 spiro atoms. The lowest BCUT2D eigenvalue weighted by molar-refractivity contribution is -0.144. The van der Waals surface area contributed by atoms with Crippen molar-refractivity contribution < 1.29 is 66.8 Å². The van der Waals surface area contributed by atoms with Crippen LogP contribution in [0, 0.1) is 11.8 Å². The highest BCUT2D eigenvalue weighted by Gasteiger charge is 2.79. The van der Waals surface area contributed by atoms with Crippen molar-refractivity contribution in [2.24, 2.45) is 34.8 Å². The van der Waals surface area contributed by atoms with Gasteiger partial charge in [0.25, 0.3) is 0 Å². The lowest BCUT2D eigenvalue weighted by atomic mass is 9.82. The number of fused-ring (bicyclic) bond motifs is 8. The predicted molar refractivity (Wildman–Crippen MR) is 205 cm³/mol. The Morgan fingerprint density at radius 1 is 0.633 bits per heavy atom. The van der Waals surface area contributed by atoms with Crippen molar-refractivity contribution in [1.29, 1.82) is 0 Å². The second kappa shape index (κ2) is 14.6. The molecule has 0 aromatic carbocycles. The molecule has 0 radical (unpaired) electrons. The Morgan fingerprint density at radius 3 is 1.33 bits per heavy atom. The third-order valence-electron chi connectivity index (χ3n) is 12.7. The summed E-state index contributed by atoms with van der Waals surface area (Å²) >= 11 is 0. The van der Waals surface area contributed by atoms with Gasteiger partial charge in [0, 0.05) is 61.1 Å². The fraction of sp³-hybridized carbons (Fsp3) is 0.556. The number of hydrogen-bond acceptors (Lipinski definition) is 20. The molecular weight excluding hydrogens is 833 g/mol. The molecule has 4 saturated heterocycles. The molecule has 4 fully saturated rings. The van der Waals surface area contributed by atoms with E-state index in [1.54, 1.807) is 9.80 Å². The van der Waals surface area contributed by atoms with Crippen molar-refractivity contribution in [2.45, 2.75) is 49.5 Å². The molecule has 8 rings (SSSR count). The van der Waals surface area contributed by atoms with Crippen LogP contribution in [-0.4, -0.2) is 168 Å². The number of rotatable bonds is 13. The van der Waals surface area contributed by atoms with E-state index in [2.05, 4.69) is 0 Å². The molecule has 60 heavy (non-hydrogen) atoms. The van der Waals surface area contributed by atoms with E-state index >= 15 is 0 Å². The maximum Gasteiger partial charge on any atom is 0.410 e. The van der Waals surface area contributed by atoms with Crippen LogP contribution in [0.25, 0.3) is 0 Å². The normalized spacial score (nSPS) is 31.9. The van der Waals surface area contributed by atoms with Gasteiger partial charge in [0.1, 0.15) is 38.5 Å². The average Bonchev–Trinajstić information content (AvgIpc) is 3.95. The summed E-state index contributed by atoms with van der Waals surface area (Å²) in [6, 6.07) is -2.11. The van der Waals surface area contributed by atoms with Crippen LogP contribution < -0.4 is 22.9 Å². The average molecular weight is 875 g/mol. The first-order chi connectivity index (χ1) is 28.5. The van der Waals surface area contributed by atoms with Crippen molar-refractivity contribution in [1.82, 2.24) is 19.6 Å². The van der Waals surface area contributed by atoms with Crippen molar-refractivity contribution in [3.05, 3.63) is 45.1 Å². The Hall–Kier alpha value is -5.46. The second-order valence-corrected chi connectivity index (χ2v) is 17.8. The minimum absolute atomic E-state index is 0.0343. The summed E-state index contributed by atoms with van der Waals surface area (Å²) < 4.78 is 33.4. The first kappa shape index (κ1) is 41.3. The van der Waals surface area contributed by atoms with E-state index in [9.17, 15) is 38.4 Å². The first-order valence-electron chi connectivity index (χ1n) is 18.8. The molecule has 8 atom stereocenters. The number of carbonyl (C=O) groups excluding carboxylic acids is 8. The zero-order chi connectivity index (χ0) is 43.3. The van der Waals surface area contributed by atoms with Gasteiger partial charge in [-0.25, -0.2) is 19.2 Å². The minimum Gasteiger partial charge on any atom is -0.449 e. The van der Waals surface area contributed by atoms with Crippen molar-refractivity contribution >= 4 is 69.1 Å². The molecule has 0 saturated carbocycles. The highest BCUT2D eigenvalue weighted by atomic mass is 33.1. The Morgan fingerprint density at radius 2 is 1.00 bits per heavy atom. The maximum absolute atomic E-state index is 13.4. The topological polar surface area (TPSA) is 309 Å². The number of ether oxygens (including phenoxy) is 6. The van der Waals surface area contributed by atoms with Crippen LogP contribution in [0.1, 0.15) is 13.8 Å². The molecule has 4 amide bonds. The van der Waals surface area contributed by atoms with Gasteiger partial charge in [0.2, 0.25) is 23.1 Å². The number of hydrogen-bond donors (Lipinski definition) is 4. The van der Waals surface area contributed by atoms with Gasteiger partial charge < -0.3 is 61.2 Å². The highest BCUT2D eigenvalue weighted by molar-refractivity contribution is 8.76. The number of carbonyl (C=O) groups is 8. The number of ketones is 4. The summed E-state index contributed by atoms with van der Waals surface area (Å²) in [6.45, 7) is 2.52. The zero-order valence-corrected chi connectivity index (χ0v) is 34.4. The number of Topliss-reactive ketones (excluding diaryl/α,β-unsaturated/α-hetero) is 4. The Balaban J connectivity index is 0.808. The first-order valence-corrected chi connectivity index (χ1v) is 21.3. The predicted octanol–water partition coefficient (Wildman–Crippen LogP) is -1.21. The molecule has 6 heterocycles. The van der Waals surface area contributed by atoms with Gasteiger partial charge in [-0.1, -0.05) is 21.6 Å². The number of nitrogens with two attached hydrogens (primary N) is 4. The number of amides is 4. The number of allylic oxidation sites excluding steroid dienone is 4. The fourth-order valence-corrected chi connectivity index (χ4v) is 11.7. The molecule has 0 aromatic heterocycles. The molecule has 0 aromatic rings. The molecular formula is C36H42N8O14S2. The van der Waals surface area contributed by atoms with Crippen LogP contribution in [0.2, 0.25) is 0 Å². The van der Waals surface area contributed by atoms with Gasteiger partial charge >= 0.3 is 24.4 Å². The standard InChI is InChI=1S/C36H42N8O14S2/c1-13-21(37)27(47)19-15(11-57-31(39)49)35(53-3)29-17(9-41(35)23(19)25(13)45)43(29)33(51)55-5-7-59-60-8-6-56-34(52)44-18-10-42-24-20(28(48)22(38)14(2)26(24)46)16(12-58-32(40)50)36(42,54-4)30(18)44/h15-18,29-30H,5-12,37-38H2,1-4H3,(H2,39,49)(H2,40,50)/t15-,16-,17+,18+,29+,30+,35-,36-,43?,44?/m1/s1. The van der Waals surface area contributed by atoms with Gasteiger partial charge in [0.15, 0.2) is 11.4 Å². The van der Waals surface area contributed by atoms with E-state index in [0.717, 1.165) is 0 Å². The van der Waals surface area contributed by atoms with E-state index < -0.39 is 108 Å². The number of methoxy groups -OCH3 is 2. The zero-order valence-electron chi connectivity index (χ0n) is 32.8. The summed E-state index contributed by atoms with van der Waals surface area (Å²) in [7, 11) is 5.53. The lowest BCUT2D eigenvalue weighted by Gasteiger charge is -2.40. The molecule has 24 heteroatoms. The van der Waals surface area contributed by atoms with Crippen LogP contribution in [0.3, 0.4) is 0 Å². The monoisotopic (exact) mass is 874 g/mol. The fourth-order valence-electron chi connectivity index (χ4n) is 10.0. The SMILES string of the molecule is CO[C@@]12[C@H](COC(N)=O)C3=C(C(=O)C(C)=C(N)C3=O)N1C[C@H]1[C@@H]2N1C(=O)OCCSSCCOC(=O)N1[C@H]2[C@@H]1CN1C3=C(C(=O)C(N)=C(C)C3=O)[C@@H](COC(N)=O)[C@@]21OC. The summed E-state index contributed by atoms with van der Waals surface area (Å²) in [5, 5.41) is 0. The molecule has 8 N–H and O–H groups in total. The summed E-state index contributed by atoms with van der Waals surface area (Å²) in [5.41, 5.74) is 19.7. The van der Waals surface area contributed by atoms with Crippen molar-refractivity contribution in [3.63, 3.8) is 0 Å². The molecule has 0 unspecified atom stereocenters. The van der Waals surface area contributed by atoms with Gasteiger partial charge in [-0.3, -0.25) is 29.0 Å². The van der Waals surface area contributed by atoms with Crippen molar-refractivity contribution in [2.75, 3.05) is 65.2 Å². The number of nitrogens with zero attached hydrogens (tertiary/aromatic N) is 4. The summed E-state index contributed by atoms with van der Waals surface area (Å²) in [5.74, 6) is -3.24. The van der Waals surface area contributed by atoms with E-state index in [4.69, 9.17) is 51.4 Å². The van der Waals surface area contributed by atoms with Gasteiger partial charge in [-0.15, -0.1) is 0 Å². The van der Waals surface area contributed by atoms with E-state index in [1.165, 1.54) is 59.5 Å². The van der Waals surface area contributed by atoms with Gasteiger partial charge in [0.05, 0.1) is 46.7 Å². The maximum atomic E-state index is 13.4. The highest BCUT2D eigenvalue weighted by Crippen LogP contribution is 2.61. The molecule has 8 aliphatic rings. The van der Waals surface area contributed by atoms with Gasteiger partial charge in [-0.05, 0) is 13.8 Å². The molecule has 22 nitrogen and oxygen atoms in total. The van der Waals surface area contributed by atoms with Crippen LogP contribution in [0.15, 0.2) is 45.1 Å². The smallest absolute Gasteiger partial charge is 0.410 e. The lowest BCUT2D eigenvalue weighted by Crippen LogP contribution is -2.56. The largest absolute Gasteiger partial charge is 0.449 e.